The minimum atomic E-state index is -3.82. The fourth-order valence-electron chi connectivity index (χ4n) is 8.74. The average molecular weight is 707 g/mol. The zero-order chi connectivity index (χ0) is 32.5. The number of carbonyl (C=O) groups is 2. The molecule has 4 aliphatic carbocycles. The van der Waals surface area contributed by atoms with Gasteiger partial charge in [-0.15, -0.1) is 0 Å². The molecule has 4 bridgehead atoms. The summed E-state index contributed by atoms with van der Waals surface area (Å²) in [4.78, 5) is 29.4. The van der Waals surface area contributed by atoms with Gasteiger partial charge in [0.15, 0.2) is 0 Å². The van der Waals surface area contributed by atoms with E-state index in [4.69, 9.17) is 0 Å². The second-order valence-electron chi connectivity index (χ2n) is 13.8. The lowest BCUT2D eigenvalue weighted by atomic mass is 9.48. The minimum Gasteiger partial charge on any atom is -0.355 e. The van der Waals surface area contributed by atoms with Crippen molar-refractivity contribution < 1.29 is 18.0 Å². The van der Waals surface area contributed by atoms with Crippen LogP contribution in [0.1, 0.15) is 62.1 Å². The van der Waals surface area contributed by atoms with Gasteiger partial charge in [0.05, 0.1) is 11.9 Å². The molecular weight excluding hydrogens is 662 g/mol. The molecule has 0 aliphatic heterocycles. The van der Waals surface area contributed by atoms with Crippen LogP contribution in [0.4, 0.5) is 5.69 Å². The molecule has 3 aromatic carbocycles. The number of halogens is 1. The third-order valence-corrected chi connectivity index (χ3v) is 12.0. The zero-order valence-electron chi connectivity index (χ0n) is 26.7. The highest BCUT2D eigenvalue weighted by atomic mass is 79.9. The van der Waals surface area contributed by atoms with E-state index in [9.17, 15) is 18.0 Å². The molecule has 4 aliphatic rings. The number of likely N-dealkylation sites (N-methyl/N-ethyl adjacent to an activating group) is 1. The highest BCUT2D eigenvalue weighted by Crippen LogP contribution is 2.60. The van der Waals surface area contributed by atoms with Crippen LogP contribution in [0.2, 0.25) is 0 Å². The lowest BCUT2D eigenvalue weighted by Crippen LogP contribution is -2.53. The Kier molecular flexibility index (Phi) is 9.62. The van der Waals surface area contributed by atoms with Gasteiger partial charge < -0.3 is 10.2 Å². The number of nitrogens with zero attached hydrogens (tertiary/aromatic N) is 2. The first-order valence-corrected chi connectivity index (χ1v) is 19.1. The molecular formula is C37H44BrN3O4S. The number of benzene rings is 3. The molecule has 0 saturated heterocycles. The van der Waals surface area contributed by atoms with Crippen LogP contribution in [0, 0.1) is 17.8 Å². The molecule has 0 aromatic heterocycles. The minimum absolute atomic E-state index is 0.148. The Morgan fingerprint density at radius 2 is 1.50 bits per heavy atom. The Hall–Kier alpha value is -3.17. The summed E-state index contributed by atoms with van der Waals surface area (Å²) in [5.74, 6) is 1.70. The molecule has 7 rings (SSSR count). The molecule has 7 nitrogen and oxygen atoms in total. The van der Waals surface area contributed by atoms with E-state index in [1.807, 2.05) is 73.7 Å². The van der Waals surface area contributed by atoms with Gasteiger partial charge in [0.1, 0.15) is 12.6 Å². The molecule has 1 atom stereocenters. The van der Waals surface area contributed by atoms with Crippen LogP contribution in [0.25, 0.3) is 0 Å². The number of anilines is 1. The van der Waals surface area contributed by atoms with Crippen molar-refractivity contribution in [3.63, 3.8) is 0 Å². The molecule has 0 spiro atoms. The number of hydrogen-bond donors (Lipinski definition) is 1. The quantitative estimate of drug-likeness (QED) is 0.235. The fraction of sp³-hybridized carbons (Fsp3) is 0.459. The third-order valence-electron chi connectivity index (χ3n) is 10.3. The maximum Gasteiger partial charge on any atom is 0.244 e. The van der Waals surface area contributed by atoms with Gasteiger partial charge in [-0.25, -0.2) is 8.42 Å². The first-order valence-electron chi connectivity index (χ1n) is 16.5. The summed E-state index contributed by atoms with van der Waals surface area (Å²) in [6.45, 7) is 1.99. The maximum atomic E-state index is 14.3. The number of amides is 2. The van der Waals surface area contributed by atoms with E-state index in [-0.39, 0.29) is 17.9 Å². The molecule has 0 heterocycles. The first-order chi connectivity index (χ1) is 22.0. The standard InChI is InChI=1S/C37H44BrN3O4S/c1-3-39-36(43)34(20-26-8-5-4-6-9-26)40(24-27-10-7-11-32(38)19-27)35(42)25-41(46(2,44)45)33-14-12-31(13-15-33)37-21-28-16-29(22-37)18-30(17-28)23-37/h4-15,19,28-30,34H,3,16-18,20-25H2,1-2H3,(H,39,43). The van der Waals surface area contributed by atoms with Gasteiger partial charge in [0.25, 0.3) is 0 Å². The summed E-state index contributed by atoms with van der Waals surface area (Å²) in [6.07, 6.45) is 9.18. The molecule has 1 N–H and O–H groups in total. The predicted octanol–water partition coefficient (Wildman–Crippen LogP) is 6.46. The van der Waals surface area contributed by atoms with Crippen LogP contribution >= 0.6 is 15.9 Å². The summed E-state index contributed by atoms with van der Waals surface area (Å²) >= 11 is 3.52. The highest BCUT2D eigenvalue weighted by Gasteiger charge is 2.51. The van der Waals surface area contributed by atoms with E-state index < -0.39 is 28.5 Å². The first kappa shape index (κ1) is 32.8. The van der Waals surface area contributed by atoms with Crippen molar-refractivity contribution in [2.45, 2.75) is 69.9 Å². The molecule has 2 amide bonds. The highest BCUT2D eigenvalue weighted by molar-refractivity contribution is 9.10. The van der Waals surface area contributed by atoms with Crippen molar-refractivity contribution in [2.24, 2.45) is 17.8 Å². The monoisotopic (exact) mass is 705 g/mol. The van der Waals surface area contributed by atoms with E-state index in [1.165, 1.54) is 53.3 Å². The third kappa shape index (κ3) is 7.20. The van der Waals surface area contributed by atoms with Crippen LogP contribution in [0.15, 0.2) is 83.3 Å². The Balaban J connectivity index is 1.30. The normalized spacial score (nSPS) is 23.9. The molecule has 244 valence electrons. The molecule has 4 fully saturated rings. The second kappa shape index (κ2) is 13.5. The summed E-state index contributed by atoms with van der Waals surface area (Å²) in [6, 6.07) is 24.3. The van der Waals surface area contributed by atoms with Gasteiger partial charge in [0, 0.05) is 24.0 Å². The van der Waals surface area contributed by atoms with Gasteiger partial charge in [0.2, 0.25) is 21.8 Å². The van der Waals surface area contributed by atoms with Crippen LogP contribution in [0.5, 0.6) is 0 Å². The van der Waals surface area contributed by atoms with Crippen molar-refractivity contribution >= 4 is 43.5 Å². The lowest BCUT2D eigenvalue weighted by molar-refractivity contribution is -0.140. The van der Waals surface area contributed by atoms with E-state index in [1.54, 1.807) is 0 Å². The average Bonchev–Trinajstić information content (AvgIpc) is 3.01. The van der Waals surface area contributed by atoms with Crippen molar-refractivity contribution in [1.82, 2.24) is 10.2 Å². The molecule has 9 heteroatoms. The van der Waals surface area contributed by atoms with Gasteiger partial charge in [-0.2, -0.15) is 0 Å². The fourth-order valence-corrected chi connectivity index (χ4v) is 10.0. The van der Waals surface area contributed by atoms with Gasteiger partial charge in [-0.3, -0.25) is 13.9 Å². The number of hydrogen-bond acceptors (Lipinski definition) is 4. The Bertz CT molecular complexity index is 1630. The van der Waals surface area contributed by atoms with Crippen LogP contribution in [0.3, 0.4) is 0 Å². The van der Waals surface area contributed by atoms with Crippen molar-refractivity contribution in [1.29, 1.82) is 0 Å². The molecule has 4 saturated carbocycles. The molecule has 0 radical (unpaired) electrons. The van der Waals surface area contributed by atoms with Crippen LogP contribution in [-0.4, -0.2) is 50.5 Å². The Morgan fingerprint density at radius 3 is 2.07 bits per heavy atom. The van der Waals surface area contributed by atoms with Crippen molar-refractivity contribution in [2.75, 3.05) is 23.7 Å². The summed E-state index contributed by atoms with van der Waals surface area (Å²) < 4.78 is 28.6. The maximum absolute atomic E-state index is 14.3. The van der Waals surface area contributed by atoms with Crippen LogP contribution < -0.4 is 9.62 Å². The van der Waals surface area contributed by atoms with E-state index in [2.05, 4.69) is 33.4 Å². The van der Waals surface area contributed by atoms with Gasteiger partial charge >= 0.3 is 0 Å². The summed E-state index contributed by atoms with van der Waals surface area (Å²) in [5, 5.41) is 2.90. The number of sulfonamides is 1. The molecule has 3 aromatic rings. The second-order valence-corrected chi connectivity index (χ2v) is 16.6. The lowest BCUT2D eigenvalue weighted by Gasteiger charge is -2.57. The largest absolute Gasteiger partial charge is 0.355 e. The van der Waals surface area contributed by atoms with E-state index in [0.717, 1.165) is 39.6 Å². The predicted molar refractivity (Wildman–Crippen MR) is 186 cm³/mol. The topological polar surface area (TPSA) is 86.8 Å². The Labute approximate surface area is 281 Å². The molecule has 1 unspecified atom stereocenters. The smallest absolute Gasteiger partial charge is 0.244 e. The van der Waals surface area contributed by atoms with Gasteiger partial charge in [-0.05, 0) is 110 Å². The van der Waals surface area contributed by atoms with Crippen molar-refractivity contribution in [3.8, 4) is 0 Å². The molecule has 46 heavy (non-hydrogen) atoms. The van der Waals surface area contributed by atoms with Crippen LogP contribution in [-0.2, 0) is 38.0 Å². The SMILES string of the molecule is CCNC(=O)C(Cc1ccccc1)N(Cc1cccc(Br)c1)C(=O)CN(c1ccc(C23CC4CC(CC(C4)C2)C3)cc1)S(C)(=O)=O. The van der Waals surface area contributed by atoms with E-state index >= 15 is 0 Å². The van der Waals surface area contributed by atoms with Crippen molar-refractivity contribution in [3.05, 3.63) is 100 Å². The number of rotatable bonds is 12. The number of carbonyl (C=O) groups excluding carboxylic acids is 2. The number of nitrogens with one attached hydrogen (secondary N) is 1. The van der Waals surface area contributed by atoms with E-state index in [0.29, 0.717) is 18.7 Å². The summed E-state index contributed by atoms with van der Waals surface area (Å²) in [5.41, 5.74) is 3.69. The Morgan fingerprint density at radius 1 is 0.891 bits per heavy atom. The zero-order valence-corrected chi connectivity index (χ0v) is 29.1. The summed E-state index contributed by atoms with van der Waals surface area (Å²) in [7, 11) is -3.82. The van der Waals surface area contributed by atoms with Gasteiger partial charge in [-0.1, -0.05) is 70.5 Å².